The standard InChI is InChI=1S/C13H23BrN2O2/c1-6-7-9(14)11-13(18-5)15-10(8(2)3)12(16-11)17-4/h8-11H,6-7H2,1-5H3/t9?,10-,11-/m1/s1. The molecule has 3 atom stereocenters. The molecule has 0 amide bonds. The van der Waals surface area contributed by atoms with Crippen LogP contribution in [0.25, 0.3) is 0 Å². The monoisotopic (exact) mass is 318 g/mol. The molecule has 1 rings (SSSR count). The van der Waals surface area contributed by atoms with Gasteiger partial charge in [0.15, 0.2) is 0 Å². The first-order chi connectivity index (χ1) is 8.54. The van der Waals surface area contributed by atoms with Crippen LogP contribution in [0.3, 0.4) is 0 Å². The maximum atomic E-state index is 5.40. The van der Waals surface area contributed by atoms with Crippen LogP contribution in [0.15, 0.2) is 9.98 Å². The molecule has 18 heavy (non-hydrogen) atoms. The van der Waals surface area contributed by atoms with Gasteiger partial charge in [-0.1, -0.05) is 43.1 Å². The molecule has 104 valence electrons. The average Bonchev–Trinajstić information content (AvgIpc) is 2.37. The van der Waals surface area contributed by atoms with E-state index in [0.717, 1.165) is 12.8 Å². The van der Waals surface area contributed by atoms with Crippen LogP contribution in [0, 0.1) is 5.92 Å². The van der Waals surface area contributed by atoms with Crippen molar-refractivity contribution in [2.24, 2.45) is 15.9 Å². The van der Waals surface area contributed by atoms with Crippen molar-refractivity contribution in [1.82, 2.24) is 0 Å². The van der Waals surface area contributed by atoms with Crippen molar-refractivity contribution in [2.45, 2.75) is 50.5 Å². The van der Waals surface area contributed by atoms with Gasteiger partial charge in [0.25, 0.3) is 0 Å². The minimum Gasteiger partial charge on any atom is -0.483 e. The Bertz CT molecular complexity index is 329. The lowest BCUT2D eigenvalue weighted by Crippen LogP contribution is -2.41. The molecule has 0 saturated heterocycles. The molecule has 0 spiro atoms. The third-order valence-corrected chi connectivity index (χ3v) is 3.95. The fourth-order valence-corrected chi connectivity index (χ4v) is 2.79. The highest BCUT2D eigenvalue weighted by atomic mass is 79.9. The predicted octanol–water partition coefficient (Wildman–Crippen LogP) is 3.05. The van der Waals surface area contributed by atoms with Crippen LogP contribution in [0.2, 0.25) is 0 Å². The molecule has 0 radical (unpaired) electrons. The normalized spacial score (nSPS) is 25.5. The first kappa shape index (κ1) is 15.5. The van der Waals surface area contributed by atoms with Crippen molar-refractivity contribution < 1.29 is 9.47 Å². The molecule has 0 aliphatic carbocycles. The number of rotatable bonds is 4. The average molecular weight is 319 g/mol. The molecular weight excluding hydrogens is 296 g/mol. The van der Waals surface area contributed by atoms with Gasteiger partial charge in [0.1, 0.15) is 12.1 Å². The Kier molecular flexibility index (Phi) is 6.12. The summed E-state index contributed by atoms with van der Waals surface area (Å²) in [6, 6.07) is -0.123. The number of methoxy groups -OCH3 is 2. The smallest absolute Gasteiger partial charge is 0.210 e. The largest absolute Gasteiger partial charge is 0.483 e. The summed E-state index contributed by atoms with van der Waals surface area (Å²) in [5.74, 6) is 1.75. The number of ether oxygens (including phenoxy) is 2. The van der Waals surface area contributed by atoms with E-state index >= 15 is 0 Å². The van der Waals surface area contributed by atoms with E-state index in [1.54, 1.807) is 14.2 Å². The Balaban J connectivity index is 2.98. The summed E-state index contributed by atoms with van der Waals surface area (Å²) in [4.78, 5) is 9.55. The molecule has 1 unspecified atom stereocenters. The third kappa shape index (κ3) is 3.46. The summed E-state index contributed by atoms with van der Waals surface area (Å²) in [6.45, 7) is 6.36. The third-order valence-electron chi connectivity index (χ3n) is 3.00. The van der Waals surface area contributed by atoms with Crippen LogP contribution >= 0.6 is 15.9 Å². The van der Waals surface area contributed by atoms with Gasteiger partial charge in [-0.3, -0.25) is 0 Å². The van der Waals surface area contributed by atoms with Gasteiger partial charge >= 0.3 is 0 Å². The van der Waals surface area contributed by atoms with Gasteiger partial charge in [-0.05, 0) is 12.3 Å². The van der Waals surface area contributed by atoms with Crippen LogP contribution in [0.1, 0.15) is 33.6 Å². The number of hydrogen-bond donors (Lipinski definition) is 0. The minimum atomic E-state index is -0.0834. The molecule has 0 fully saturated rings. The molecule has 1 aliphatic heterocycles. The van der Waals surface area contributed by atoms with Crippen LogP contribution < -0.4 is 0 Å². The van der Waals surface area contributed by atoms with E-state index in [4.69, 9.17) is 9.47 Å². The lowest BCUT2D eigenvalue weighted by molar-refractivity contribution is 0.331. The fourth-order valence-electron chi connectivity index (χ4n) is 1.99. The predicted molar refractivity (Wildman–Crippen MR) is 78.9 cm³/mol. The summed E-state index contributed by atoms with van der Waals surface area (Å²) < 4.78 is 10.8. The van der Waals surface area contributed by atoms with Crippen LogP contribution in [-0.4, -0.2) is 42.9 Å². The molecular formula is C13H23BrN2O2. The summed E-state index contributed by atoms with van der Waals surface area (Å²) in [6.07, 6.45) is 2.12. The second-order valence-corrected chi connectivity index (χ2v) is 5.96. The van der Waals surface area contributed by atoms with Gasteiger partial charge < -0.3 is 9.47 Å². The Morgan fingerprint density at radius 2 is 1.61 bits per heavy atom. The van der Waals surface area contributed by atoms with Crippen LogP contribution in [0.5, 0.6) is 0 Å². The van der Waals surface area contributed by atoms with Crippen LogP contribution in [-0.2, 0) is 9.47 Å². The minimum absolute atomic E-state index is 0.0393. The topological polar surface area (TPSA) is 43.2 Å². The Morgan fingerprint density at radius 3 is 2.06 bits per heavy atom. The van der Waals surface area contributed by atoms with Gasteiger partial charge in [0.05, 0.1) is 14.2 Å². The lowest BCUT2D eigenvalue weighted by Gasteiger charge is -2.29. The number of aliphatic imine (C=N–C) groups is 2. The highest BCUT2D eigenvalue weighted by Crippen LogP contribution is 2.24. The molecule has 0 N–H and O–H groups in total. The number of hydrogen-bond acceptors (Lipinski definition) is 4. The SMILES string of the molecule is CCCC(Br)[C@H]1N=C(OC)[C@@H](C(C)C)N=C1OC. The highest BCUT2D eigenvalue weighted by molar-refractivity contribution is 9.09. The van der Waals surface area contributed by atoms with Gasteiger partial charge in [-0.25, -0.2) is 9.98 Å². The van der Waals surface area contributed by atoms with E-state index < -0.39 is 0 Å². The van der Waals surface area contributed by atoms with Crippen molar-refractivity contribution in [3.05, 3.63) is 0 Å². The van der Waals surface area contributed by atoms with E-state index in [0.29, 0.717) is 17.7 Å². The quantitative estimate of drug-likeness (QED) is 0.748. The zero-order chi connectivity index (χ0) is 13.7. The van der Waals surface area contributed by atoms with Gasteiger partial charge in [0, 0.05) is 4.83 Å². The van der Waals surface area contributed by atoms with Crippen LogP contribution in [0.4, 0.5) is 0 Å². The second kappa shape index (κ2) is 7.12. The molecule has 0 aromatic rings. The zero-order valence-corrected chi connectivity index (χ0v) is 13.4. The summed E-state index contributed by atoms with van der Waals surface area (Å²) >= 11 is 3.67. The van der Waals surface area contributed by atoms with Crippen molar-refractivity contribution in [3.8, 4) is 0 Å². The van der Waals surface area contributed by atoms with Gasteiger partial charge in [-0.15, -0.1) is 0 Å². The molecule has 0 aromatic carbocycles. The Morgan fingerprint density at radius 1 is 1.11 bits per heavy atom. The molecule has 5 heteroatoms. The van der Waals surface area contributed by atoms with Gasteiger partial charge in [0.2, 0.25) is 11.8 Å². The molecule has 0 saturated carbocycles. The van der Waals surface area contributed by atoms with Gasteiger partial charge in [-0.2, -0.15) is 0 Å². The van der Waals surface area contributed by atoms with E-state index in [2.05, 4.69) is 46.7 Å². The highest BCUT2D eigenvalue weighted by Gasteiger charge is 2.34. The summed E-state index contributed by atoms with van der Waals surface area (Å²) in [5.41, 5.74) is 0. The molecule has 0 bridgehead atoms. The maximum absolute atomic E-state index is 5.40. The summed E-state index contributed by atoms with van der Waals surface area (Å²) in [5, 5.41) is 0. The molecule has 0 aromatic heterocycles. The van der Waals surface area contributed by atoms with E-state index in [1.807, 2.05) is 0 Å². The molecule has 4 nitrogen and oxygen atoms in total. The summed E-state index contributed by atoms with van der Waals surface area (Å²) in [7, 11) is 3.31. The first-order valence-electron chi connectivity index (χ1n) is 6.42. The van der Waals surface area contributed by atoms with E-state index in [1.165, 1.54) is 0 Å². The maximum Gasteiger partial charge on any atom is 0.210 e. The Hall–Kier alpha value is -0.580. The molecule has 1 heterocycles. The number of nitrogens with zero attached hydrogens (tertiary/aromatic N) is 2. The number of alkyl halides is 1. The van der Waals surface area contributed by atoms with Crippen molar-refractivity contribution in [2.75, 3.05) is 14.2 Å². The second-order valence-electron chi connectivity index (χ2n) is 4.78. The van der Waals surface area contributed by atoms with Crippen molar-refractivity contribution in [1.29, 1.82) is 0 Å². The Labute approximate surface area is 118 Å². The molecule has 1 aliphatic rings. The van der Waals surface area contributed by atoms with Crippen molar-refractivity contribution in [3.63, 3.8) is 0 Å². The fraction of sp³-hybridized carbons (Fsp3) is 0.846. The van der Waals surface area contributed by atoms with E-state index in [9.17, 15) is 0 Å². The zero-order valence-electron chi connectivity index (χ0n) is 11.8. The van der Waals surface area contributed by atoms with E-state index in [-0.39, 0.29) is 16.9 Å². The number of halogens is 1. The van der Waals surface area contributed by atoms with Crippen molar-refractivity contribution >= 4 is 27.7 Å². The lowest BCUT2D eigenvalue weighted by atomic mass is 10.0. The first-order valence-corrected chi connectivity index (χ1v) is 7.34.